The molecule has 0 amide bonds. The van der Waals surface area contributed by atoms with Crippen LogP contribution in [0.1, 0.15) is 26.2 Å². The molecule has 1 aliphatic heterocycles. The topological polar surface area (TPSA) is 9.23 Å². The molecule has 0 aromatic rings. The number of hydrogen-bond acceptors (Lipinski definition) is 1. The molecule has 1 rings (SSSR count). The Labute approximate surface area is 109 Å². The first-order valence-electron chi connectivity index (χ1n) is 6.02. The zero-order chi connectivity index (χ0) is 12.5. The van der Waals surface area contributed by atoms with Gasteiger partial charge in [-0.3, -0.25) is 0 Å². The smallest absolute Gasteiger partial charge is 0.0816 e. The number of rotatable bonds is 3. The maximum atomic E-state index is 6.31. The van der Waals surface area contributed by atoms with Crippen LogP contribution in [0.25, 0.3) is 0 Å². The fraction of sp³-hybridized carbons (Fsp3) is 0.467. The standard InChI is InChI=1S/C15H19ClO/c1-3-5-7-12-15-14(16)11-9-6-8-10-13(4-2)17-15/h1,5,7-11,13-15H,4,6,12H2,2H3. The zero-order valence-electron chi connectivity index (χ0n) is 10.2. The third kappa shape index (κ3) is 5.26. The van der Waals surface area contributed by atoms with Gasteiger partial charge >= 0.3 is 0 Å². The second kappa shape index (κ2) is 8.17. The van der Waals surface area contributed by atoms with Gasteiger partial charge in [-0.15, -0.1) is 18.0 Å². The van der Waals surface area contributed by atoms with Crippen LogP contribution in [0.15, 0.2) is 36.5 Å². The summed E-state index contributed by atoms with van der Waals surface area (Å²) in [5.41, 5.74) is 0. The zero-order valence-corrected chi connectivity index (χ0v) is 10.9. The summed E-state index contributed by atoms with van der Waals surface area (Å²) in [6.07, 6.45) is 19.8. The van der Waals surface area contributed by atoms with E-state index in [-0.39, 0.29) is 17.6 Å². The molecule has 3 atom stereocenters. The molecule has 0 saturated heterocycles. The number of ether oxygens (including phenoxy) is 1. The predicted octanol–water partition coefficient (Wildman–Crippen LogP) is 3.85. The minimum absolute atomic E-state index is 0.0229. The molecule has 2 heteroatoms. The minimum atomic E-state index is -0.105. The van der Waals surface area contributed by atoms with Gasteiger partial charge in [-0.25, -0.2) is 0 Å². The summed E-state index contributed by atoms with van der Waals surface area (Å²) in [5, 5.41) is -0.105. The minimum Gasteiger partial charge on any atom is -0.369 e. The van der Waals surface area contributed by atoms with Crippen molar-refractivity contribution >= 4 is 11.6 Å². The highest BCUT2D eigenvalue weighted by atomic mass is 35.5. The fourth-order valence-corrected chi connectivity index (χ4v) is 1.94. The van der Waals surface area contributed by atoms with E-state index >= 15 is 0 Å². The molecule has 17 heavy (non-hydrogen) atoms. The Morgan fingerprint density at radius 3 is 2.94 bits per heavy atom. The van der Waals surface area contributed by atoms with Crippen molar-refractivity contribution in [1.82, 2.24) is 0 Å². The van der Waals surface area contributed by atoms with Gasteiger partial charge in [-0.05, 0) is 25.3 Å². The van der Waals surface area contributed by atoms with Crippen molar-refractivity contribution in [2.75, 3.05) is 0 Å². The fourth-order valence-electron chi connectivity index (χ4n) is 1.67. The van der Waals surface area contributed by atoms with Gasteiger partial charge in [0.05, 0.1) is 17.6 Å². The Bertz CT molecular complexity index is 335. The van der Waals surface area contributed by atoms with Crippen LogP contribution >= 0.6 is 11.6 Å². The maximum absolute atomic E-state index is 6.31. The van der Waals surface area contributed by atoms with E-state index in [2.05, 4.69) is 31.1 Å². The second-order valence-electron chi connectivity index (χ2n) is 3.96. The van der Waals surface area contributed by atoms with Gasteiger partial charge in [0, 0.05) is 0 Å². The molecule has 0 spiro atoms. The monoisotopic (exact) mass is 250 g/mol. The van der Waals surface area contributed by atoms with Crippen molar-refractivity contribution in [2.45, 2.75) is 43.8 Å². The Kier molecular flexibility index (Phi) is 6.77. The van der Waals surface area contributed by atoms with Crippen LogP contribution in [0.2, 0.25) is 0 Å². The van der Waals surface area contributed by atoms with E-state index < -0.39 is 0 Å². The first-order valence-corrected chi connectivity index (χ1v) is 6.45. The molecule has 1 aliphatic rings. The van der Waals surface area contributed by atoms with E-state index in [1.54, 1.807) is 6.08 Å². The van der Waals surface area contributed by atoms with Crippen molar-refractivity contribution < 1.29 is 4.74 Å². The number of hydrogen-bond donors (Lipinski definition) is 0. The lowest BCUT2D eigenvalue weighted by Crippen LogP contribution is -2.27. The van der Waals surface area contributed by atoms with Gasteiger partial charge in [0.25, 0.3) is 0 Å². The summed E-state index contributed by atoms with van der Waals surface area (Å²) in [7, 11) is 0. The molecule has 1 heterocycles. The lowest BCUT2D eigenvalue weighted by Gasteiger charge is -2.23. The Morgan fingerprint density at radius 2 is 2.24 bits per heavy atom. The maximum Gasteiger partial charge on any atom is 0.0816 e. The molecule has 92 valence electrons. The Morgan fingerprint density at radius 1 is 1.47 bits per heavy atom. The third-order valence-corrected chi connectivity index (χ3v) is 3.06. The summed E-state index contributed by atoms with van der Waals surface area (Å²) in [6.45, 7) is 2.11. The van der Waals surface area contributed by atoms with E-state index in [0.29, 0.717) is 0 Å². The second-order valence-corrected chi connectivity index (χ2v) is 4.47. The summed E-state index contributed by atoms with van der Waals surface area (Å²) >= 11 is 6.31. The first-order chi connectivity index (χ1) is 8.27. The van der Waals surface area contributed by atoms with Crippen LogP contribution in [0.3, 0.4) is 0 Å². The molecular weight excluding hydrogens is 232 g/mol. The van der Waals surface area contributed by atoms with Crippen LogP contribution in [0, 0.1) is 12.3 Å². The lowest BCUT2D eigenvalue weighted by molar-refractivity contribution is 0.0175. The van der Waals surface area contributed by atoms with E-state index in [0.717, 1.165) is 19.3 Å². The van der Waals surface area contributed by atoms with Crippen molar-refractivity contribution in [1.29, 1.82) is 0 Å². The summed E-state index contributed by atoms with van der Waals surface area (Å²) in [6, 6.07) is 0. The average molecular weight is 251 g/mol. The van der Waals surface area contributed by atoms with Gasteiger partial charge in [-0.2, -0.15) is 0 Å². The summed E-state index contributed by atoms with van der Waals surface area (Å²) < 4.78 is 5.99. The molecular formula is C15H19ClO. The van der Waals surface area contributed by atoms with Crippen molar-refractivity contribution in [3.8, 4) is 12.3 Å². The summed E-state index contributed by atoms with van der Waals surface area (Å²) in [4.78, 5) is 0. The lowest BCUT2D eigenvalue weighted by atomic mass is 10.1. The van der Waals surface area contributed by atoms with Crippen LogP contribution in [-0.4, -0.2) is 17.6 Å². The van der Waals surface area contributed by atoms with Gasteiger partial charge < -0.3 is 4.74 Å². The highest BCUT2D eigenvalue weighted by molar-refractivity contribution is 6.22. The van der Waals surface area contributed by atoms with Crippen LogP contribution in [-0.2, 0) is 4.74 Å². The number of terminal acetylenes is 1. The van der Waals surface area contributed by atoms with Crippen molar-refractivity contribution in [2.24, 2.45) is 0 Å². The Balaban J connectivity index is 2.70. The largest absolute Gasteiger partial charge is 0.369 e. The average Bonchev–Trinajstić information content (AvgIpc) is 2.42. The SMILES string of the molecule is C#CC=CCC1OC(CC)C=CCC=CC1Cl. The molecule has 0 N–H and O–H groups in total. The molecule has 0 saturated carbocycles. The number of allylic oxidation sites excluding steroid dienone is 3. The number of alkyl halides is 1. The van der Waals surface area contributed by atoms with Gasteiger partial charge in [0.1, 0.15) is 0 Å². The molecule has 0 aliphatic carbocycles. The third-order valence-electron chi connectivity index (χ3n) is 2.63. The molecule has 1 nitrogen and oxygen atoms in total. The highest BCUT2D eigenvalue weighted by Gasteiger charge is 2.19. The summed E-state index contributed by atoms with van der Waals surface area (Å²) in [5.74, 6) is 2.48. The van der Waals surface area contributed by atoms with Gasteiger partial charge in [0.2, 0.25) is 0 Å². The van der Waals surface area contributed by atoms with Crippen LogP contribution in [0.5, 0.6) is 0 Å². The quantitative estimate of drug-likeness (QED) is 0.420. The normalized spacial score (nSPS) is 29.6. The molecule has 0 aromatic heterocycles. The molecule has 3 unspecified atom stereocenters. The first kappa shape index (κ1) is 14.1. The highest BCUT2D eigenvalue weighted by Crippen LogP contribution is 2.19. The number of halogens is 1. The molecule has 0 fully saturated rings. The van der Waals surface area contributed by atoms with E-state index in [1.807, 2.05) is 12.2 Å². The van der Waals surface area contributed by atoms with Crippen LogP contribution < -0.4 is 0 Å². The molecule has 0 radical (unpaired) electrons. The van der Waals surface area contributed by atoms with E-state index in [1.165, 1.54) is 0 Å². The van der Waals surface area contributed by atoms with Gasteiger partial charge in [0.15, 0.2) is 0 Å². The predicted molar refractivity (Wildman–Crippen MR) is 74.1 cm³/mol. The molecule has 0 aromatic carbocycles. The van der Waals surface area contributed by atoms with Crippen molar-refractivity contribution in [3.05, 3.63) is 36.5 Å². The molecule has 0 bridgehead atoms. The Hall–Kier alpha value is -0.970. The van der Waals surface area contributed by atoms with Crippen LogP contribution in [0.4, 0.5) is 0 Å². The van der Waals surface area contributed by atoms with Gasteiger partial charge in [-0.1, -0.05) is 43.2 Å². The van der Waals surface area contributed by atoms with E-state index in [9.17, 15) is 0 Å². The van der Waals surface area contributed by atoms with E-state index in [4.69, 9.17) is 22.8 Å². The van der Waals surface area contributed by atoms with Crippen molar-refractivity contribution in [3.63, 3.8) is 0 Å².